The lowest BCUT2D eigenvalue weighted by atomic mass is 9.94. The van der Waals surface area contributed by atoms with Crippen molar-refractivity contribution < 1.29 is 9.90 Å². The molecule has 4 rings (SSSR count). The van der Waals surface area contributed by atoms with Crippen LogP contribution in [0.3, 0.4) is 0 Å². The van der Waals surface area contributed by atoms with Crippen LogP contribution in [0.5, 0.6) is 0 Å². The average Bonchev–Trinajstić information content (AvgIpc) is 3.16. The maximum absolute atomic E-state index is 11.0. The Morgan fingerprint density at radius 3 is 2.66 bits per heavy atom. The van der Waals surface area contributed by atoms with Gasteiger partial charge in [-0.2, -0.15) is 0 Å². The van der Waals surface area contributed by atoms with Crippen molar-refractivity contribution >= 4 is 29.1 Å². The van der Waals surface area contributed by atoms with Crippen LogP contribution in [0.15, 0.2) is 66.7 Å². The number of fused-ring (bicyclic) bond motifs is 1. The molecule has 0 saturated heterocycles. The number of hydrogen-bond acceptors (Lipinski definition) is 2. The molecule has 0 radical (unpaired) electrons. The molecule has 3 aromatic rings. The van der Waals surface area contributed by atoms with E-state index in [1.54, 1.807) is 0 Å². The third-order valence-electron chi connectivity index (χ3n) is 5.99. The lowest BCUT2D eigenvalue weighted by Gasteiger charge is -2.21. The van der Waals surface area contributed by atoms with E-state index in [0.29, 0.717) is 18.0 Å². The zero-order valence-corrected chi connectivity index (χ0v) is 17.5. The van der Waals surface area contributed by atoms with Crippen LogP contribution in [-0.2, 0) is 11.2 Å². The Morgan fingerprint density at radius 1 is 1.07 bits per heavy atom. The van der Waals surface area contributed by atoms with E-state index in [2.05, 4.69) is 66.8 Å². The Kier molecular flexibility index (Phi) is 6.94. The van der Waals surface area contributed by atoms with Gasteiger partial charge in [0, 0.05) is 12.1 Å². The highest BCUT2D eigenvalue weighted by Crippen LogP contribution is 2.36. The van der Waals surface area contributed by atoms with Crippen molar-refractivity contribution in [1.82, 2.24) is 5.32 Å². The summed E-state index contributed by atoms with van der Waals surface area (Å²) in [5, 5.41) is 15.5. The summed E-state index contributed by atoms with van der Waals surface area (Å²) in [6.07, 6.45) is 3.51. The maximum Gasteiger partial charge on any atom is 0.307 e. The van der Waals surface area contributed by atoms with Gasteiger partial charge in [-0.25, -0.2) is 0 Å². The van der Waals surface area contributed by atoms with Crippen LogP contribution in [0.25, 0.3) is 10.8 Å². The van der Waals surface area contributed by atoms with Crippen molar-refractivity contribution in [1.29, 1.82) is 0 Å². The standard InChI is InChI=1S/C25H27NO2.ClH/c1-17(23-11-5-8-19-7-2-3-10-24(19)23)26-22-13-12-21(16-22)20-9-4-6-18(14-20)15-25(27)28;/h2-11,14,17,21-22,26H,12-13,15-16H2,1H3,(H,27,28);1H/t17-,21-,22+;/m1./s1. The molecule has 0 spiro atoms. The molecular formula is C25H28ClNO2. The molecule has 0 bridgehead atoms. The van der Waals surface area contributed by atoms with E-state index in [0.717, 1.165) is 24.8 Å². The molecule has 29 heavy (non-hydrogen) atoms. The van der Waals surface area contributed by atoms with Gasteiger partial charge in [0.15, 0.2) is 0 Å². The summed E-state index contributed by atoms with van der Waals surface area (Å²) in [5.41, 5.74) is 3.52. The van der Waals surface area contributed by atoms with Gasteiger partial charge in [0.25, 0.3) is 0 Å². The Morgan fingerprint density at radius 2 is 1.83 bits per heavy atom. The highest BCUT2D eigenvalue weighted by molar-refractivity contribution is 5.86. The van der Waals surface area contributed by atoms with Gasteiger partial charge in [-0.15, -0.1) is 12.4 Å². The molecule has 2 N–H and O–H groups in total. The van der Waals surface area contributed by atoms with Crippen molar-refractivity contribution in [2.45, 2.75) is 50.6 Å². The molecule has 0 unspecified atom stereocenters. The van der Waals surface area contributed by atoms with Crippen LogP contribution < -0.4 is 5.32 Å². The van der Waals surface area contributed by atoms with Crippen LogP contribution in [0.1, 0.15) is 54.8 Å². The summed E-state index contributed by atoms with van der Waals surface area (Å²) in [6, 6.07) is 24.0. The van der Waals surface area contributed by atoms with E-state index in [1.807, 2.05) is 12.1 Å². The van der Waals surface area contributed by atoms with Crippen LogP contribution in [0, 0.1) is 0 Å². The smallest absolute Gasteiger partial charge is 0.307 e. The number of aliphatic carboxylic acids is 1. The van der Waals surface area contributed by atoms with E-state index < -0.39 is 5.97 Å². The summed E-state index contributed by atoms with van der Waals surface area (Å²) >= 11 is 0. The monoisotopic (exact) mass is 409 g/mol. The summed E-state index contributed by atoms with van der Waals surface area (Å²) in [5.74, 6) is -0.266. The van der Waals surface area contributed by atoms with Gasteiger partial charge in [0.1, 0.15) is 0 Å². The number of nitrogens with one attached hydrogen (secondary N) is 1. The van der Waals surface area contributed by atoms with Gasteiger partial charge >= 0.3 is 5.97 Å². The first kappa shape index (κ1) is 21.4. The molecule has 0 aromatic heterocycles. The minimum absolute atomic E-state index is 0. The van der Waals surface area contributed by atoms with Gasteiger partial charge in [-0.1, -0.05) is 66.7 Å². The average molecular weight is 410 g/mol. The van der Waals surface area contributed by atoms with Gasteiger partial charge in [-0.3, -0.25) is 4.79 Å². The molecule has 152 valence electrons. The van der Waals surface area contributed by atoms with Gasteiger partial charge in [-0.05, 0) is 59.6 Å². The van der Waals surface area contributed by atoms with Crippen LogP contribution in [0.4, 0.5) is 0 Å². The second kappa shape index (κ2) is 9.43. The Hall–Kier alpha value is -2.36. The van der Waals surface area contributed by atoms with E-state index in [4.69, 9.17) is 5.11 Å². The Balaban J connectivity index is 0.00000240. The van der Waals surface area contributed by atoms with E-state index >= 15 is 0 Å². The number of halogens is 1. The molecule has 0 heterocycles. The predicted molar refractivity (Wildman–Crippen MR) is 121 cm³/mol. The molecule has 1 aliphatic rings. The first-order valence-electron chi connectivity index (χ1n) is 10.1. The zero-order chi connectivity index (χ0) is 19.5. The third kappa shape index (κ3) is 4.98. The van der Waals surface area contributed by atoms with E-state index in [1.165, 1.54) is 21.9 Å². The molecule has 4 heteroatoms. The topological polar surface area (TPSA) is 49.3 Å². The van der Waals surface area contributed by atoms with Crippen molar-refractivity contribution in [2.24, 2.45) is 0 Å². The second-order valence-corrected chi connectivity index (χ2v) is 7.98. The van der Waals surface area contributed by atoms with Crippen LogP contribution in [-0.4, -0.2) is 17.1 Å². The highest BCUT2D eigenvalue weighted by atomic mass is 35.5. The lowest BCUT2D eigenvalue weighted by molar-refractivity contribution is -0.136. The molecule has 1 saturated carbocycles. The SMILES string of the molecule is C[C@@H](N[C@H]1CC[C@@H](c2cccc(CC(=O)O)c2)C1)c1cccc2ccccc12.Cl. The van der Waals surface area contributed by atoms with E-state index in [-0.39, 0.29) is 18.8 Å². The van der Waals surface area contributed by atoms with Crippen LogP contribution >= 0.6 is 12.4 Å². The fraction of sp³-hybridized carbons (Fsp3) is 0.320. The summed E-state index contributed by atoms with van der Waals surface area (Å²) in [7, 11) is 0. The number of carbonyl (C=O) groups is 1. The summed E-state index contributed by atoms with van der Waals surface area (Å²) in [4.78, 5) is 11.0. The number of carboxylic acid groups (broad SMARTS) is 1. The number of hydrogen-bond donors (Lipinski definition) is 2. The van der Waals surface area contributed by atoms with Crippen molar-refractivity contribution in [3.05, 3.63) is 83.4 Å². The molecule has 1 aliphatic carbocycles. The minimum Gasteiger partial charge on any atom is -0.481 e. The predicted octanol–water partition coefficient (Wildman–Crippen LogP) is 5.88. The van der Waals surface area contributed by atoms with Crippen molar-refractivity contribution in [3.63, 3.8) is 0 Å². The van der Waals surface area contributed by atoms with Crippen LogP contribution in [0.2, 0.25) is 0 Å². The first-order valence-corrected chi connectivity index (χ1v) is 10.1. The van der Waals surface area contributed by atoms with Gasteiger partial charge < -0.3 is 10.4 Å². The molecule has 1 fully saturated rings. The molecule has 0 amide bonds. The first-order chi connectivity index (χ1) is 13.6. The number of rotatable bonds is 6. The third-order valence-corrected chi connectivity index (χ3v) is 5.99. The Labute approximate surface area is 178 Å². The molecule has 0 aliphatic heterocycles. The Bertz CT molecular complexity index is 982. The lowest BCUT2D eigenvalue weighted by Crippen LogP contribution is -2.29. The summed E-state index contributed by atoms with van der Waals surface area (Å²) in [6.45, 7) is 2.25. The van der Waals surface area contributed by atoms with Gasteiger partial charge in [0.05, 0.1) is 6.42 Å². The summed E-state index contributed by atoms with van der Waals surface area (Å²) < 4.78 is 0. The van der Waals surface area contributed by atoms with Gasteiger partial charge in [0.2, 0.25) is 0 Å². The largest absolute Gasteiger partial charge is 0.481 e. The van der Waals surface area contributed by atoms with E-state index in [9.17, 15) is 4.79 Å². The normalized spacial score (nSPS) is 19.6. The molecular weight excluding hydrogens is 382 g/mol. The maximum atomic E-state index is 11.0. The quantitative estimate of drug-likeness (QED) is 0.534. The zero-order valence-electron chi connectivity index (χ0n) is 16.7. The fourth-order valence-electron chi connectivity index (χ4n) is 4.64. The second-order valence-electron chi connectivity index (χ2n) is 7.98. The molecule has 3 atom stereocenters. The highest BCUT2D eigenvalue weighted by Gasteiger charge is 2.27. The number of carboxylic acids is 1. The van der Waals surface area contributed by atoms with Crippen molar-refractivity contribution in [3.8, 4) is 0 Å². The minimum atomic E-state index is -0.771. The van der Waals surface area contributed by atoms with Crippen molar-refractivity contribution in [2.75, 3.05) is 0 Å². The number of benzene rings is 3. The molecule has 3 nitrogen and oxygen atoms in total. The fourth-order valence-corrected chi connectivity index (χ4v) is 4.64. The molecule has 3 aromatic carbocycles.